The molecule has 0 aromatic rings. The maximum Gasteiger partial charge on any atom is 0.333 e. The van der Waals surface area contributed by atoms with Crippen molar-refractivity contribution in [2.75, 3.05) is 6.61 Å². The van der Waals surface area contributed by atoms with E-state index >= 15 is 0 Å². The highest BCUT2D eigenvalue weighted by Crippen LogP contribution is 2.11. The first-order valence-electron chi connectivity index (χ1n) is 9.07. The quantitative estimate of drug-likeness (QED) is 0.204. The van der Waals surface area contributed by atoms with E-state index < -0.39 is 0 Å². The van der Waals surface area contributed by atoms with Crippen molar-refractivity contribution in [2.45, 2.75) is 97.3 Å². The minimum Gasteiger partial charge on any atom is -0.462 e. The van der Waals surface area contributed by atoms with E-state index in [9.17, 15) is 4.79 Å². The lowest BCUT2D eigenvalue weighted by molar-refractivity contribution is -0.139. The van der Waals surface area contributed by atoms with Crippen LogP contribution >= 0.6 is 0 Å². The molecule has 0 aliphatic carbocycles. The normalized spacial score (nSPS) is 10.6. The van der Waals surface area contributed by atoms with Gasteiger partial charge in [-0.05, 0) is 19.3 Å². The molecule has 0 aliphatic rings. The van der Waals surface area contributed by atoms with E-state index in [-0.39, 0.29) is 5.97 Å². The molecule has 21 heavy (non-hydrogen) atoms. The molecular formula is C19H36O2. The van der Waals surface area contributed by atoms with Gasteiger partial charge >= 0.3 is 5.97 Å². The maximum absolute atomic E-state index is 11.6. The van der Waals surface area contributed by atoms with Gasteiger partial charge in [0.15, 0.2) is 0 Å². The van der Waals surface area contributed by atoms with Crippen LogP contribution in [-0.2, 0) is 9.53 Å². The number of esters is 1. The molecule has 0 bridgehead atoms. The molecule has 0 rings (SSSR count). The van der Waals surface area contributed by atoms with Gasteiger partial charge in [-0.1, -0.05) is 84.6 Å². The second-order valence-corrected chi connectivity index (χ2v) is 6.03. The summed E-state index contributed by atoms with van der Waals surface area (Å²) >= 11 is 0. The summed E-state index contributed by atoms with van der Waals surface area (Å²) in [5.74, 6) is -0.195. The van der Waals surface area contributed by atoms with E-state index in [1.54, 1.807) is 0 Å². The summed E-state index contributed by atoms with van der Waals surface area (Å²) in [6.07, 6.45) is 15.9. The maximum atomic E-state index is 11.6. The van der Waals surface area contributed by atoms with Crippen molar-refractivity contribution >= 4 is 5.97 Å². The molecule has 0 saturated heterocycles. The average molecular weight is 296 g/mol. The van der Waals surface area contributed by atoms with Gasteiger partial charge in [0.25, 0.3) is 0 Å². The van der Waals surface area contributed by atoms with Gasteiger partial charge in [-0.3, -0.25) is 0 Å². The summed E-state index contributed by atoms with van der Waals surface area (Å²) < 4.78 is 5.23. The minimum atomic E-state index is -0.195. The largest absolute Gasteiger partial charge is 0.462 e. The van der Waals surface area contributed by atoms with Crippen LogP contribution < -0.4 is 0 Å². The van der Waals surface area contributed by atoms with Gasteiger partial charge in [0.1, 0.15) is 0 Å². The van der Waals surface area contributed by atoms with E-state index in [1.165, 1.54) is 57.8 Å². The summed E-state index contributed by atoms with van der Waals surface area (Å²) in [4.78, 5) is 11.6. The molecule has 2 heteroatoms. The first kappa shape index (κ1) is 20.2. The van der Waals surface area contributed by atoms with Gasteiger partial charge in [-0.2, -0.15) is 0 Å². The van der Waals surface area contributed by atoms with Crippen molar-refractivity contribution in [2.24, 2.45) is 0 Å². The Bertz CT molecular complexity index is 258. The first-order chi connectivity index (χ1) is 10.2. The molecule has 124 valence electrons. The third-order valence-corrected chi connectivity index (χ3v) is 3.85. The smallest absolute Gasteiger partial charge is 0.333 e. The number of hydrogen-bond acceptors (Lipinski definition) is 2. The Labute approximate surface area is 132 Å². The number of ether oxygens (including phenoxy) is 1. The van der Waals surface area contributed by atoms with Gasteiger partial charge in [-0.15, -0.1) is 0 Å². The van der Waals surface area contributed by atoms with Gasteiger partial charge < -0.3 is 4.74 Å². The summed E-state index contributed by atoms with van der Waals surface area (Å²) in [5, 5.41) is 0. The topological polar surface area (TPSA) is 26.3 Å². The fourth-order valence-electron chi connectivity index (χ4n) is 2.35. The van der Waals surface area contributed by atoms with Gasteiger partial charge in [0.05, 0.1) is 6.61 Å². The standard InChI is InChI=1S/C19H36O2/c1-4-6-8-9-10-11-12-13-14-15-17-21-19(20)18(3)16-7-5-2/h3-17H2,1-2H3. The molecule has 0 atom stereocenters. The molecule has 0 spiro atoms. The van der Waals surface area contributed by atoms with E-state index in [1.807, 2.05) is 0 Å². The predicted molar refractivity (Wildman–Crippen MR) is 91.5 cm³/mol. The van der Waals surface area contributed by atoms with Crippen molar-refractivity contribution in [3.8, 4) is 0 Å². The molecule has 0 heterocycles. The van der Waals surface area contributed by atoms with Crippen LogP contribution in [0.4, 0.5) is 0 Å². The van der Waals surface area contributed by atoms with Crippen LogP contribution in [0.15, 0.2) is 12.2 Å². The van der Waals surface area contributed by atoms with E-state index in [0.717, 1.165) is 25.7 Å². The zero-order valence-electron chi connectivity index (χ0n) is 14.4. The number of unbranched alkanes of at least 4 members (excludes halogenated alkanes) is 10. The molecule has 0 aromatic heterocycles. The van der Waals surface area contributed by atoms with Crippen LogP contribution in [0, 0.1) is 0 Å². The Morgan fingerprint density at radius 1 is 0.762 bits per heavy atom. The number of rotatable bonds is 15. The third kappa shape index (κ3) is 13.9. The Hall–Kier alpha value is -0.790. The Morgan fingerprint density at radius 2 is 1.24 bits per heavy atom. The second kappa shape index (κ2) is 15.6. The summed E-state index contributed by atoms with van der Waals surface area (Å²) in [6.45, 7) is 8.71. The van der Waals surface area contributed by atoms with Crippen LogP contribution in [0.5, 0.6) is 0 Å². The van der Waals surface area contributed by atoms with E-state index in [4.69, 9.17) is 4.74 Å². The Balaban J connectivity index is 3.24. The predicted octanol–water partition coefficient (Wildman–Crippen LogP) is 6.20. The Kier molecular flexibility index (Phi) is 15.0. The summed E-state index contributed by atoms with van der Waals surface area (Å²) in [7, 11) is 0. The monoisotopic (exact) mass is 296 g/mol. The van der Waals surface area contributed by atoms with Gasteiger partial charge in [0, 0.05) is 5.57 Å². The third-order valence-electron chi connectivity index (χ3n) is 3.85. The van der Waals surface area contributed by atoms with Crippen LogP contribution in [0.25, 0.3) is 0 Å². The minimum absolute atomic E-state index is 0.195. The fraction of sp³-hybridized carbons (Fsp3) is 0.842. The zero-order chi connectivity index (χ0) is 15.8. The molecular weight excluding hydrogens is 260 g/mol. The second-order valence-electron chi connectivity index (χ2n) is 6.03. The molecule has 2 nitrogen and oxygen atoms in total. The Morgan fingerprint density at radius 3 is 1.76 bits per heavy atom. The average Bonchev–Trinajstić information content (AvgIpc) is 2.49. The fourth-order valence-corrected chi connectivity index (χ4v) is 2.35. The molecule has 0 unspecified atom stereocenters. The van der Waals surface area contributed by atoms with Crippen molar-refractivity contribution < 1.29 is 9.53 Å². The van der Waals surface area contributed by atoms with E-state index in [0.29, 0.717) is 12.2 Å². The number of carbonyl (C=O) groups is 1. The molecule has 0 amide bonds. The molecule has 0 N–H and O–H groups in total. The van der Waals surface area contributed by atoms with Crippen LogP contribution in [0.2, 0.25) is 0 Å². The molecule has 0 saturated carbocycles. The van der Waals surface area contributed by atoms with Crippen molar-refractivity contribution in [3.05, 3.63) is 12.2 Å². The molecule has 0 fully saturated rings. The van der Waals surface area contributed by atoms with Crippen LogP contribution in [0.1, 0.15) is 97.3 Å². The highest BCUT2D eigenvalue weighted by molar-refractivity contribution is 5.87. The lowest BCUT2D eigenvalue weighted by Crippen LogP contribution is -2.08. The van der Waals surface area contributed by atoms with Crippen LogP contribution in [-0.4, -0.2) is 12.6 Å². The number of hydrogen-bond donors (Lipinski definition) is 0. The highest BCUT2D eigenvalue weighted by atomic mass is 16.5. The highest BCUT2D eigenvalue weighted by Gasteiger charge is 2.07. The molecule has 0 aromatic carbocycles. The van der Waals surface area contributed by atoms with Crippen molar-refractivity contribution in [1.29, 1.82) is 0 Å². The molecule has 0 radical (unpaired) electrons. The SMILES string of the molecule is C=C(CCCC)C(=O)OCCCCCCCCCCCC. The van der Waals surface area contributed by atoms with Crippen molar-refractivity contribution in [3.63, 3.8) is 0 Å². The molecule has 0 aliphatic heterocycles. The lowest BCUT2D eigenvalue weighted by atomic mass is 10.1. The zero-order valence-corrected chi connectivity index (χ0v) is 14.4. The van der Waals surface area contributed by atoms with Crippen molar-refractivity contribution in [1.82, 2.24) is 0 Å². The van der Waals surface area contributed by atoms with E-state index in [2.05, 4.69) is 20.4 Å². The van der Waals surface area contributed by atoms with Gasteiger partial charge in [0.2, 0.25) is 0 Å². The lowest BCUT2D eigenvalue weighted by Gasteiger charge is -2.06. The van der Waals surface area contributed by atoms with Crippen LogP contribution in [0.3, 0.4) is 0 Å². The first-order valence-corrected chi connectivity index (χ1v) is 9.07. The van der Waals surface area contributed by atoms with Gasteiger partial charge in [-0.25, -0.2) is 4.79 Å². The summed E-state index contributed by atoms with van der Waals surface area (Å²) in [5.41, 5.74) is 0.629. The number of carbonyl (C=O) groups excluding carboxylic acids is 1. The summed E-state index contributed by atoms with van der Waals surface area (Å²) in [6, 6.07) is 0.